The highest BCUT2D eigenvalue weighted by Gasteiger charge is 2.61. The van der Waals surface area contributed by atoms with Crippen LogP contribution in [0.2, 0.25) is 0 Å². The molecule has 4 nitrogen and oxygen atoms in total. The third kappa shape index (κ3) is 2.70. The minimum absolute atomic E-state index is 0.194. The van der Waals surface area contributed by atoms with Crippen molar-refractivity contribution in [2.75, 3.05) is 0 Å². The van der Waals surface area contributed by atoms with Crippen LogP contribution < -0.4 is 0 Å². The number of aliphatic hydroxyl groups is 1. The Kier molecular flexibility index (Phi) is 4.55. The van der Waals surface area contributed by atoms with Crippen LogP contribution in [0, 0.1) is 41.4 Å². The largest absolute Gasteiger partial charge is 0.373 e. The molecule has 4 aliphatic rings. The van der Waals surface area contributed by atoms with Crippen molar-refractivity contribution in [2.45, 2.75) is 64.4 Å². The minimum Gasteiger partial charge on any atom is -0.373 e. The van der Waals surface area contributed by atoms with Gasteiger partial charge in [-0.1, -0.05) is 29.6 Å². The molecule has 0 saturated heterocycles. The predicted octanol–water partition coefficient (Wildman–Crippen LogP) is 4.01. The topological polar surface area (TPSA) is 58.9 Å². The minimum atomic E-state index is -1.09. The first-order chi connectivity index (χ1) is 12.9. The van der Waals surface area contributed by atoms with Crippen LogP contribution in [-0.4, -0.2) is 22.4 Å². The number of fused-ring (bicyclic) bond motifs is 5. The maximum absolute atomic E-state index is 11.1. The molecule has 0 spiro atoms. The molecule has 0 heterocycles. The fourth-order valence-corrected chi connectivity index (χ4v) is 6.59. The SMILES string of the molecule is C#C[C@]1(O)C=C[C@H]2[C@@H]3CCC4=C/C(=N/OC(C)=O)CC[C@@H]4[C@H]3CC[C@@]21CC. The van der Waals surface area contributed by atoms with E-state index in [-0.39, 0.29) is 11.4 Å². The molecule has 2 saturated carbocycles. The molecule has 1 N–H and O–H groups in total. The number of hydrogen-bond donors (Lipinski definition) is 1. The lowest BCUT2D eigenvalue weighted by molar-refractivity contribution is -0.140. The molecule has 0 radical (unpaired) electrons. The van der Waals surface area contributed by atoms with E-state index in [1.807, 2.05) is 6.08 Å². The van der Waals surface area contributed by atoms with Gasteiger partial charge >= 0.3 is 5.97 Å². The monoisotopic (exact) mass is 367 g/mol. The summed E-state index contributed by atoms with van der Waals surface area (Å²) in [5.41, 5.74) is 1.06. The van der Waals surface area contributed by atoms with E-state index < -0.39 is 5.60 Å². The molecule has 4 aliphatic carbocycles. The summed E-state index contributed by atoms with van der Waals surface area (Å²) in [4.78, 5) is 15.8. The van der Waals surface area contributed by atoms with Crippen LogP contribution >= 0.6 is 0 Å². The summed E-state index contributed by atoms with van der Waals surface area (Å²) in [6.45, 7) is 3.55. The molecule has 6 atom stereocenters. The van der Waals surface area contributed by atoms with Gasteiger partial charge in [0.25, 0.3) is 0 Å². The number of rotatable bonds is 2. The van der Waals surface area contributed by atoms with Crippen molar-refractivity contribution in [3.63, 3.8) is 0 Å². The third-order valence-electron chi connectivity index (χ3n) is 7.84. The fourth-order valence-electron chi connectivity index (χ4n) is 6.59. The van der Waals surface area contributed by atoms with E-state index in [0.717, 1.165) is 50.7 Å². The van der Waals surface area contributed by atoms with Gasteiger partial charge in [-0.15, -0.1) is 6.42 Å². The quantitative estimate of drug-likeness (QED) is 0.347. The van der Waals surface area contributed by atoms with Gasteiger partial charge < -0.3 is 9.94 Å². The van der Waals surface area contributed by atoms with Crippen LogP contribution in [0.5, 0.6) is 0 Å². The molecule has 0 unspecified atom stereocenters. The highest BCUT2D eigenvalue weighted by Crippen LogP contribution is 2.63. The summed E-state index contributed by atoms with van der Waals surface area (Å²) in [6.07, 6.45) is 19.2. The second kappa shape index (κ2) is 6.63. The number of carbonyl (C=O) groups excluding carboxylic acids is 1. The molecule has 4 rings (SSSR count). The van der Waals surface area contributed by atoms with Crippen molar-refractivity contribution in [3.05, 3.63) is 23.8 Å². The lowest BCUT2D eigenvalue weighted by atomic mass is 9.49. The standard InChI is InChI=1S/C23H29NO3/c1-4-22-12-10-19-18-9-7-17(24-27-15(3)25)14-16(18)6-8-20(19)21(22)11-13-23(22,26)5-2/h2,11,13-14,18-21,26H,4,6-10,12H2,1,3H3/b24-17+/t18-,19+,20+,21-,22-,23-/m0/s1. The third-order valence-corrected chi connectivity index (χ3v) is 7.84. The second-order valence-corrected chi connectivity index (χ2v) is 8.74. The van der Waals surface area contributed by atoms with E-state index in [0.29, 0.717) is 23.7 Å². The van der Waals surface area contributed by atoms with Gasteiger partial charge in [-0.3, -0.25) is 0 Å². The molecular weight excluding hydrogens is 338 g/mol. The summed E-state index contributed by atoms with van der Waals surface area (Å²) >= 11 is 0. The maximum Gasteiger partial charge on any atom is 0.331 e. The van der Waals surface area contributed by atoms with Gasteiger partial charge in [-0.2, -0.15) is 0 Å². The first kappa shape index (κ1) is 18.5. The number of terminal acetylenes is 1. The molecular formula is C23H29NO3. The van der Waals surface area contributed by atoms with Crippen molar-refractivity contribution in [1.82, 2.24) is 0 Å². The van der Waals surface area contributed by atoms with Gasteiger partial charge in [0.05, 0.1) is 5.71 Å². The van der Waals surface area contributed by atoms with Crippen LogP contribution in [0.4, 0.5) is 0 Å². The van der Waals surface area contributed by atoms with Gasteiger partial charge in [-0.25, -0.2) is 4.79 Å². The summed E-state index contributed by atoms with van der Waals surface area (Å²) in [6, 6.07) is 0. The van der Waals surface area contributed by atoms with E-state index in [1.165, 1.54) is 12.5 Å². The molecule has 0 amide bonds. The summed E-state index contributed by atoms with van der Waals surface area (Å²) in [7, 11) is 0. The van der Waals surface area contributed by atoms with Gasteiger partial charge in [0.15, 0.2) is 0 Å². The zero-order valence-corrected chi connectivity index (χ0v) is 16.3. The summed E-state index contributed by atoms with van der Waals surface area (Å²) in [5, 5.41) is 15.1. The molecule has 0 aromatic heterocycles. The average Bonchev–Trinajstić information content (AvgIpc) is 2.99. The number of hydrogen-bond acceptors (Lipinski definition) is 4. The molecule has 144 valence electrons. The van der Waals surface area contributed by atoms with Crippen LogP contribution in [-0.2, 0) is 9.63 Å². The van der Waals surface area contributed by atoms with Gasteiger partial charge in [-0.05, 0) is 80.8 Å². The Morgan fingerprint density at radius 3 is 2.89 bits per heavy atom. The number of allylic oxidation sites excluding steroid dienone is 3. The highest BCUT2D eigenvalue weighted by molar-refractivity contribution is 5.96. The Bertz CT molecular complexity index is 773. The second-order valence-electron chi connectivity index (χ2n) is 8.74. The van der Waals surface area contributed by atoms with E-state index in [4.69, 9.17) is 11.3 Å². The van der Waals surface area contributed by atoms with Crippen molar-refractivity contribution in [3.8, 4) is 12.3 Å². The predicted molar refractivity (Wildman–Crippen MR) is 105 cm³/mol. The van der Waals surface area contributed by atoms with Gasteiger partial charge in [0.2, 0.25) is 0 Å². The molecule has 2 fully saturated rings. The zero-order valence-electron chi connectivity index (χ0n) is 16.3. The van der Waals surface area contributed by atoms with Gasteiger partial charge in [0, 0.05) is 12.3 Å². The average molecular weight is 367 g/mol. The Labute approximate surface area is 161 Å². The number of nitrogens with zero attached hydrogens (tertiary/aromatic N) is 1. The molecule has 0 bridgehead atoms. The summed E-state index contributed by atoms with van der Waals surface area (Å²) in [5.74, 6) is 4.54. The van der Waals surface area contributed by atoms with E-state index in [2.05, 4.69) is 30.2 Å². The van der Waals surface area contributed by atoms with E-state index >= 15 is 0 Å². The normalized spacial score (nSPS) is 43.9. The molecule has 4 heteroatoms. The van der Waals surface area contributed by atoms with Crippen molar-refractivity contribution >= 4 is 11.7 Å². The Morgan fingerprint density at radius 1 is 1.37 bits per heavy atom. The molecule has 0 aromatic rings. The lowest BCUT2D eigenvalue weighted by Gasteiger charge is -2.56. The lowest BCUT2D eigenvalue weighted by Crippen LogP contribution is -2.54. The van der Waals surface area contributed by atoms with Crippen LogP contribution in [0.3, 0.4) is 0 Å². The van der Waals surface area contributed by atoms with Crippen molar-refractivity contribution in [1.29, 1.82) is 0 Å². The first-order valence-electron chi connectivity index (χ1n) is 10.3. The van der Waals surface area contributed by atoms with E-state index in [1.54, 1.807) is 0 Å². The Morgan fingerprint density at radius 2 is 2.19 bits per heavy atom. The molecule has 0 aliphatic heterocycles. The maximum atomic E-state index is 11.1. The van der Waals surface area contributed by atoms with Crippen LogP contribution in [0.15, 0.2) is 29.0 Å². The smallest absolute Gasteiger partial charge is 0.331 e. The molecule has 0 aromatic carbocycles. The van der Waals surface area contributed by atoms with Crippen molar-refractivity contribution in [2.24, 2.45) is 34.2 Å². The number of carbonyl (C=O) groups is 1. The fraction of sp³-hybridized carbons (Fsp3) is 0.652. The van der Waals surface area contributed by atoms with Gasteiger partial charge in [0.1, 0.15) is 5.60 Å². The number of oxime groups is 1. The summed E-state index contributed by atoms with van der Waals surface area (Å²) < 4.78 is 0. The Balaban J connectivity index is 1.58. The van der Waals surface area contributed by atoms with Crippen LogP contribution in [0.1, 0.15) is 58.8 Å². The van der Waals surface area contributed by atoms with Crippen LogP contribution in [0.25, 0.3) is 0 Å². The first-order valence-corrected chi connectivity index (χ1v) is 10.3. The zero-order chi connectivity index (χ0) is 19.2. The molecule has 27 heavy (non-hydrogen) atoms. The Hall–Kier alpha value is -1.86. The van der Waals surface area contributed by atoms with E-state index in [9.17, 15) is 9.90 Å². The highest BCUT2D eigenvalue weighted by atomic mass is 16.7. The van der Waals surface area contributed by atoms with Crippen molar-refractivity contribution < 1.29 is 14.7 Å².